The topological polar surface area (TPSA) is 25.2 Å². The van der Waals surface area contributed by atoms with Gasteiger partial charge in [-0.25, -0.2) is 0 Å². The van der Waals surface area contributed by atoms with Crippen molar-refractivity contribution in [2.45, 2.75) is 65.2 Å². The molecule has 27 heavy (non-hydrogen) atoms. The van der Waals surface area contributed by atoms with Crippen molar-refractivity contribution in [1.29, 1.82) is 0 Å². The van der Waals surface area contributed by atoms with Gasteiger partial charge in [-0.3, -0.25) is 4.79 Å². The van der Waals surface area contributed by atoms with Crippen LogP contribution in [-0.4, -0.2) is 18.2 Å². The number of hydrogen-bond acceptors (Lipinski definition) is 2. The number of aromatic nitrogens is 1. The lowest BCUT2D eigenvalue weighted by atomic mass is 9.97. The fourth-order valence-corrected chi connectivity index (χ4v) is 3.58. The first-order chi connectivity index (χ1) is 13.1. The molecule has 0 amide bonds. The van der Waals surface area contributed by atoms with Gasteiger partial charge in [-0.2, -0.15) is 0 Å². The quantitative estimate of drug-likeness (QED) is 0.602. The number of rotatable bonds is 6. The molecule has 0 saturated heterocycles. The maximum atomic E-state index is 11.4. The molecule has 0 unspecified atom stereocenters. The summed E-state index contributed by atoms with van der Waals surface area (Å²) in [4.78, 5) is 13.7. The molecule has 0 spiro atoms. The number of aryl methyl sites for hydroxylation is 2. The average molecular weight is 369 g/mol. The number of nitrogens with zero attached hydrogens (tertiary/aromatic N) is 2. The molecule has 0 saturated carbocycles. The number of hydrogen-bond donors (Lipinski definition) is 0. The lowest BCUT2D eigenvalue weighted by Crippen LogP contribution is -2.24. The minimum absolute atomic E-state index is 0.0291. The number of benzene rings is 1. The molecule has 0 fully saturated rings. The van der Waals surface area contributed by atoms with Gasteiger partial charge in [0.2, 0.25) is 5.56 Å². The van der Waals surface area contributed by atoms with Gasteiger partial charge in [0.25, 0.3) is 0 Å². The third-order valence-electron chi connectivity index (χ3n) is 5.31. The van der Waals surface area contributed by atoms with Gasteiger partial charge in [0, 0.05) is 38.6 Å². The highest BCUT2D eigenvalue weighted by Crippen LogP contribution is 2.30. The third kappa shape index (κ3) is 6.27. The summed E-state index contributed by atoms with van der Waals surface area (Å²) in [5, 5.41) is 0. The van der Waals surface area contributed by atoms with Crippen molar-refractivity contribution in [3.8, 4) is 11.1 Å². The molecule has 2 heterocycles. The monoisotopic (exact) mass is 368 g/mol. The molecule has 2 aromatic rings. The first kappa shape index (κ1) is 21.3. The standard InChI is InChI=1S/C16H18N2O.C8H18/c1-17-9-3-4-13-10-12(5-7-15(13)17)14-6-8-16(19)18(2)11-14;1-3-5-7-8-6-4-2/h5-8,10-11H,3-4,9H2,1-2H3;3-8H2,1-2H3. The Hall–Kier alpha value is -2.03. The summed E-state index contributed by atoms with van der Waals surface area (Å²) in [6.07, 6.45) is 12.7. The van der Waals surface area contributed by atoms with E-state index in [9.17, 15) is 4.79 Å². The molecule has 0 bridgehead atoms. The Bertz CT molecular complexity index is 757. The lowest BCUT2D eigenvalue weighted by molar-refractivity contribution is 0.624. The summed E-state index contributed by atoms with van der Waals surface area (Å²) in [5.74, 6) is 0. The second kappa shape index (κ2) is 11.0. The Morgan fingerprint density at radius 1 is 0.889 bits per heavy atom. The van der Waals surface area contributed by atoms with E-state index >= 15 is 0 Å². The zero-order valence-corrected chi connectivity index (χ0v) is 17.6. The minimum atomic E-state index is 0.0291. The predicted octanol–water partition coefficient (Wildman–Crippen LogP) is 5.80. The van der Waals surface area contributed by atoms with Gasteiger partial charge >= 0.3 is 0 Å². The highest BCUT2D eigenvalue weighted by molar-refractivity contribution is 5.69. The molecule has 0 N–H and O–H groups in total. The SMILES string of the molecule is CCCCCCCC.CN1CCCc2cc(-c3ccc(=O)n(C)c3)ccc21. The van der Waals surface area contributed by atoms with Crippen LogP contribution < -0.4 is 10.5 Å². The van der Waals surface area contributed by atoms with Gasteiger partial charge in [-0.05, 0) is 47.7 Å². The van der Waals surface area contributed by atoms with Crippen LogP contribution in [0.5, 0.6) is 0 Å². The zero-order valence-electron chi connectivity index (χ0n) is 17.6. The predicted molar refractivity (Wildman–Crippen MR) is 118 cm³/mol. The van der Waals surface area contributed by atoms with Crippen LogP contribution >= 0.6 is 0 Å². The zero-order chi connectivity index (χ0) is 19.6. The normalized spacial score (nSPS) is 13.0. The Morgan fingerprint density at radius 3 is 2.19 bits per heavy atom. The van der Waals surface area contributed by atoms with Gasteiger partial charge in [-0.1, -0.05) is 58.4 Å². The van der Waals surface area contributed by atoms with E-state index in [4.69, 9.17) is 0 Å². The number of fused-ring (bicyclic) bond motifs is 1. The van der Waals surface area contributed by atoms with Crippen LogP contribution in [0.3, 0.4) is 0 Å². The van der Waals surface area contributed by atoms with Crippen LogP contribution in [0.25, 0.3) is 11.1 Å². The molecular weight excluding hydrogens is 332 g/mol. The van der Waals surface area contributed by atoms with Gasteiger partial charge in [-0.15, -0.1) is 0 Å². The Kier molecular flexibility index (Phi) is 8.63. The van der Waals surface area contributed by atoms with Gasteiger partial charge in [0.1, 0.15) is 0 Å². The Morgan fingerprint density at radius 2 is 1.56 bits per heavy atom. The first-order valence-corrected chi connectivity index (χ1v) is 10.6. The van der Waals surface area contributed by atoms with Crippen molar-refractivity contribution in [3.63, 3.8) is 0 Å². The molecule has 3 heteroatoms. The molecule has 1 aliphatic rings. The Balaban J connectivity index is 0.000000279. The van der Waals surface area contributed by atoms with Crippen LogP contribution in [0.2, 0.25) is 0 Å². The number of anilines is 1. The van der Waals surface area contributed by atoms with Crippen molar-refractivity contribution in [2.24, 2.45) is 7.05 Å². The van der Waals surface area contributed by atoms with E-state index in [1.165, 1.54) is 61.8 Å². The van der Waals surface area contributed by atoms with Crippen LogP contribution in [0, 0.1) is 0 Å². The van der Waals surface area contributed by atoms with E-state index in [2.05, 4.69) is 44.0 Å². The summed E-state index contributed by atoms with van der Waals surface area (Å²) in [6, 6.07) is 10.1. The van der Waals surface area contributed by atoms with E-state index in [1.807, 2.05) is 12.3 Å². The first-order valence-electron chi connectivity index (χ1n) is 10.6. The molecule has 1 aliphatic heterocycles. The molecule has 3 rings (SSSR count). The van der Waals surface area contributed by atoms with Crippen molar-refractivity contribution in [2.75, 3.05) is 18.5 Å². The van der Waals surface area contributed by atoms with E-state index in [0.717, 1.165) is 18.5 Å². The highest BCUT2D eigenvalue weighted by Gasteiger charge is 2.14. The summed E-state index contributed by atoms with van der Waals surface area (Å²) in [7, 11) is 3.93. The molecule has 1 aromatic carbocycles. The van der Waals surface area contributed by atoms with Gasteiger partial charge in [0.15, 0.2) is 0 Å². The molecule has 0 aliphatic carbocycles. The summed E-state index contributed by atoms with van der Waals surface area (Å²) in [6.45, 7) is 5.64. The molecule has 1 aromatic heterocycles. The second-order valence-electron chi connectivity index (χ2n) is 7.65. The van der Waals surface area contributed by atoms with Crippen LogP contribution in [0.1, 0.15) is 64.4 Å². The largest absolute Gasteiger partial charge is 0.374 e. The van der Waals surface area contributed by atoms with E-state index in [0.29, 0.717) is 0 Å². The van der Waals surface area contributed by atoms with Crippen LogP contribution in [-0.2, 0) is 13.5 Å². The van der Waals surface area contributed by atoms with Gasteiger partial charge < -0.3 is 9.47 Å². The molecular formula is C24H36N2O. The lowest BCUT2D eigenvalue weighted by Gasteiger charge is -2.27. The average Bonchev–Trinajstić information content (AvgIpc) is 2.68. The van der Waals surface area contributed by atoms with Crippen molar-refractivity contribution in [3.05, 3.63) is 52.4 Å². The highest BCUT2D eigenvalue weighted by atomic mass is 16.1. The second-order valence-corrected chi connectivity index (χ2v) is 7.65. The smallest absolute Gasteiger partial charge is 0.250 e. The minimum Gasteiger partial charge on any atom is -0.374 e. The van der Waals surface area contributed by atoms with Crippen molar-refractivity contribution in [1.82, 2.24) is 4.57 Å². The van der Waals surface area contributed by atoms with E-state index in [1.54, 1.807) is 17.7 Å². The number of pyridine rings is 1. The fraction of sp³-hybridized carbons (Fsp3) is 0.542. The van der Waals surface area contributed by atoms with Crippen molar-refractivity contribution < 1.29 is 0 Å². The van der Waals surface area contributed by atoms with Gasteiger partial charge in [0.05, 0.1) is 0 Å². The third-order valence-corrected chi connectivity index (χ3v) is 5.31. The van der Waals surface area contributed by atoms with Crippen molar-refractivity contribution >= 4 is 5.69 Å². The molecule has 0 atom stereocenters. The summed E-state index contributed by atoms with van der Waals surface area (Å²) >= 11 is 0. The molecule has 0 radical (unpaired) electrons. The summed E-state index contributed by atoms with van der Waals surface area (Å²) in [5.41, 5.74) is 5.05. The maximum absolute atomic E-state index is 11.4. The Labute approximate surface area is 165 Å². The number of unbranched alkanes of at least 4 members (excludes halogenated alkanes) is 5. The van der Waals surface area contributed by atoms with E-state index < -0.39 is 0 Å². The molecule has 3 nitrogen and oxygen atoms in total. The van der Waals surface area contributed by atoms with E-state index in [-0.39, 0.29) is 5.56 Å². The summed E-state index contributed by atoms with van der Waals surface area (Å²) < 4.78 is 1.63. The maximum Gasteiger partial charge on any atom is 0.250 e. The fourth-order valence-electron chi connectivity index (χ4n) is 3.58. The van der Waals surface area contributed by atoms with Crippen LogP contribution in [0.4, 0.5) is 5.69 Å². The molecule has 148 valence electrons. The van der Waals surface area contributed by atoms with Crippen LogP contribution in [0.15, 0.2) is 41.3 Å².